The molecule has 1 aliphatic heterocycles. The van der Waals surface area contributed by atoms with Crippen LogP contribution in [-0.4, -0.2) is 24.7 Å². The maximum absolute atomic E-state index is 12.3. The van der Waals surface area contributed by atoms with E-state index >= 15 is 0 Å². The van der Waals surface area contributed by atoms with Crippen LogP contribution in [0.5, 0.6) is 11.5 Å². The van der Waals surface area contributed by atoms with E-state index in [-0.39, 0.29) is 5.41 Å². The summed E-state index contributed by atoms with van der Waals surface area (Å²) in [6, 6.07) is 18.9. The van der Waals surface area contributed by atoms with Gasteiger partial charge in [0.25, 0.3) is 0 Å². The van der Waals surface area contributed by atoms with E-state index in [9.17, 15) is 4.79 Å². The Morgan fingerprint density at radius 1 is 1.10 bits per heavy atom. The summed E-state index contributed by atoms with van der Waals surface area (Å²) >= 11 is 0. The molecule has 0 atom stereocenters. The zero-order chi connectivity index (χ0) is 21.1. The van der Waals surface area contributed by atoms with Crippen LogP contribution in [0, 0.1) is 0 Å². The SMILES string of the molecule is COc1ccc(NC(=O)Oc2ccc3c(c2)C(C)(C)CN3Cc2ccccn2)cc1. The van der Waals surface area contributed by atoms with Crippen LogP contribution >= 0.6 is 0 Å². The first-order chi connectivity index (χ1) is 14.4. The first-order valence-electron chi connectivity index (χ1n) is 9.87. The lowest BCUT2D eigenvalue weighted by molar-refractivity contribution is 0.215. The second-order valence-electron chi connectivity index (χ2n) is 7.98. The summed E-state index contributed by atoms with van der Waals surface area (Å²) in [4.78, 5) is 19.1. The highest BCUT2D eigenvalue weighted by Gasteiger charge is 2.35. The van der Waals surface area contributed by atoms with E-state index in [0.717, 1.165) is 35.8 Å². The maximum Gasteiger partial charge on any atom is 0.417 e. The molecular formula is C24H25N3O3. The van der Waals surface area contributed by atoms with Crippen molar-refractivity contribution in [2.24, 2.45) is 0 Å². The van der Waals surface area contributed by atoms with E-state index in [4.69, 9.17) is 9.47 Å². The minimum Gasteiger partial charge on any atom is -0.497 e. The number of carbonyl (C=O) groups excluding carboxylic acids is 1. The molecular weight excluding hydrogens is 378 g/mol. The zero-order valence-corrected chi connectivity index (χ0v) is 17.4. The minimum absolute atomic E-state index is 0.0596. The molecule has 154 valence electrons. The molecule has 0 saturated heterocycles. The van der Waals surface area contributed by atoms with Gasteiger partial charge >= 0.3 is 6.09 Å². The van der Waals surface area contributed by atoms with E-state index in [1.807, 2.05) is 42.6 Å². The summed E-state index contributed by atoms with van der Waals surface area (Å²) in [6.45, 7) is 6.02. The molecule has 6 nitrogen and oxygen atoms in total. The Bertz CT molecular complexity index is 1030. The van der Waals surface area contributed by atoms with Crippen molar-refractivity contribution in [3.05, 3.63) is 78.1 Å². The van der Waals surface area contributed by atoms with Gasteiger partial charge in [0, 0.05) is 29.5 Å². The molecule has 30 heavy (non-hydrogen) atoms. The van der Waals surface area contributed by atoms with Crippen LogP contribution in [-0.2, 0) is 12.0 Å². The molecule has 4 rings (SSSR count). The standard InChI is InChI=1S/C24H25N3O3/c1-24(2)16-27(15-18-6-4-5-13-25-18)22-12-11-20(14-21(22)24)30-23(28)26-17-7-9-19(29-3)10-8-17/h4-14H,15-16H2,1-3H3,(H,26,28). The molecule has 2 heterocycles. The van der Waals surface area contributed by atoms with Gasteiger partial charge in [0.1, 0.15) is 11.5 Å². The van der Waals surface area contributed by atoms with Gasteiger partial charge in [-0.2, -0.15) is 0 Å². The van der Waals surface area contributed by atoms with Crippen LogP contribution in [0.15, 0.2) is 66.9 Å². The van der Waals surface area contributed by atoms with Gasteiger partial charge in [-0.15, -0.1) is 0 Å². The molecule has 0 fully saturated rings. The molecule has 1 aliphatic rings. The molecule has 0 bridgehead atoms. The lowest BCUT2D eigenvalue weighted by atomic mass is 9.87. The molecule has 1 N–H and O–H groups in total. The average molecular weight is 403 g/mol. The summed E-state index contributed by atoms with van der Waals surface area (Å²) in [6.07, 6.45) is 1.29. The fourth-order valence-electron chi connectivity index (χ4n) is 3.80. The number of nitrogens with one attached hydrogen (secondary N) is 1. The summed E-state index contributed by atoms with van der Waals surface area (Å²) in [5.74, 6) is 1.25. The predicted molar refractivity (Wildman–Crippen MR) is 117 cm³/mol. The Morgan fingerprint density at radius 2 is 1.87 bits per heavy atom. The van der Waals surface area contributed by atoms with E-state index in [0.29, 0.717) is 11.4 Å². The number of pyridine rings is 1. The molecule has 0 spiro atoms. The van der Waals surface area contributed by atoms with Gasteiger partial charge in [-0.3, -0.25) is 10.3 Å². The topological polar surface area (TPSA) is 63.7 Å². The van der Waals surface area contributed by atoms with Crippen LogP contribution < -0.4 is 19.7 Å². The quantitative estimate of drug-likeness (QED) is 0.650. The molecule has 6 heteroatoms. The summed E-state index contributed by atoms with van der Waals surface area (Å²) in [7, 11) is 1.60. The monoisotopic (exact) mass is 403 g/mol. The molecule has 0 unspecified atom stereocenters. The highest BCUT2D eigenvalue weighted by atomic mass is 16.6. The molecule has 1 amide bonds. The fraction of sp³-hybridized carbons (Fsp3) is 0.250. The number of carbonyl (C=O) groups is 1. The van der Waals surface area contributed by atoms with Crippen molar-refractivity contribution in [1.29, 1.82) is 0 Å². The highest BCUT2D eigenvalue weighted by Crippen LogP contribution is 2.42. The minimum atomic E-state index is -0.527. The fourth-order valence-corrected chi connectivity index (χ4v) is 3.80. The lowest BCUT2D eigenvalue weighted by Gasteiger charge is -2.22. The maximum atomic E-state index is 12.3. The van der Waals surface area contributed by atoms with Gasteiger partial charge in [-0.1, -0.05) is 19.9 Å². The largest absolute Gasteiger partial charge is 0.497 e. The van der Waals surface area contributed by atoms with Crippen molar-refractivity contribution >= 4 is 17.5 Å². The number of hydrogen-bond acceptors (Lipinski definition) is 5. The van der Waals surface area contributed by atoms with Crippen molar-refractivity contribution in [2.45, 2.75) is 25.8 Å². The Hall–Kier alpha value is -3.54. The second kappa shape index (κ2) is 8.06. The van der Waals surface area contributed by atoms with E-state index in [2.05, 4.69) is 29.0 Å². The molecule has 0 saturated carbocycles. The van der Waals surface area contributed by atoms with Crippen LogP contribution in [0.4, 0.5) is 16.2 Å². The third kappa shape index (κ3) is 4.22. The Balaban J connectivity index is 1.48. The molecule has 0 aliphatic carbocycles. The Labute approximate surface area is 176 Å². The molecule has 2 aromatic carbocycles. The van der Waals surface area contributed by atoms with Gasteiger partial charge in [0.15, 0.2) is 0 Å². The third-order valence-corrected chi connectivity index (χ3v) is 5.25. The summed E-state index contributed by atoms with van der Waals surface area (Å²) < 4.78 is 10.7. The molecule has 3 aromatic rings. The smallest absolute Gasteiger partial charge is 0.417 e. The molecule has 1 aromatic heterocycles. The third-order valence-electron chi connectivity index (χ3n) is 5.25. The van der Waals surface area contributed by atoms with Gasteiger partial charge in [-0.05, 0) is 60.2 Å². The first-order valence-corrected chi connectivity index (χ1v) is 9.87. The van der Waals surface area contributed by atoms with Crippen molar-refractivity contribution in [3.63, 3.8) is 0 Å². The predicted octanol–water partition coefficient (Wildman–Crippen LogP) is 5.00. The number of benzene rings is 2. The molecule has 0 radical (unpaired) electrons. The summed E-state index contributed by atoms with van der Waals surface area (Å²) in [5, 5.41) is 2.74. The van der Waals surface area contributed by atoms with Crippen molar-refractivity contribution in [3.8, 4) is 11.5 Å². The number of anilines is 2. The van der Waals surface area contributed by atoms with Crippen LogP contribution in [0.25, 0.3) is 0 Å². The van der Waals surface area contributed by atoms with Crippen LogP contribution in [0.2, 0.25) is 0 Å². The second-order valence-corrected chi connectivity index (χ2v) is 7.98. The number of fused-ring (bicyclic) bond motifs is 1. The van der Waals surface area contributed by atoms with Crippen LogP contribution in [0.3, 0.4) is 0 Å². The van der Waals surface area contributed by atoms with Crippen molar-refractivity contribution in [1.82, 2.24) is 4.98 Å². The number of nitrogens with zero attached hydrogens (tertiary/aromatic N) is 2. The normalized spacial score (nSPS) is 14.2. The Kier molecular flexibility index (Phi) is 5.31. The highest BCUT2D eigenvalue weighted by molar-refractivity contribution is 5.86. The number of methoxy groups -OCH3 is 1. The van der Waals surface area contributed by atoms with E-state index < -0.39 is 6.09 Å². The van der Waals surface area contributed by atoms with Crippen molar-refractivity contribution in [2.75, 3.05) is 23.9 Å². The average Bonchev–Trinajstić information content (AvgIpc) is 2.98. The van der Waals surface area contributed by atoms with Crippen molar-refractivity contribution < 1.29 is 14.3 Å². The first kappa shape index (κ1) is 19.8. The number of ether oxygens (including phenoxy) is 2. The van der Waals surface area contributed by atoms with Gasteiger partial charge in [0.05, 0.1) is 19.3 Å². The number of aromatic nitrogens is 1. The van der Waals surface area contributed by atoms with Crippen LogP contribution in [0.1, 0.15) is 25.1 Å². The Morgan fingerprint density at radius 3 is 2.57 bits per heavy atom. The summed E-state index contributed by atoms with van der Waals surface area (Å²) in [5.41, 5.74) is 3.92. The van der Waals surface area contributed by atoms with Gasteiger partial charge < -0.3 is 14.4 Å². The van der Waals surface area contributed by atoms with Gasteiger partial charge in [0.2, 0.25) is 0 Å². The lowest BCUT2D eigenvalue weighted by Crippen LogP contribution is -2.28. The number of hydrogen-bond donors (Lipinski definition) is 1. The number of rotatable bonds is 5. The van der Waals surface area contributed by atoms with E-state index in [1.165, 1.54) is 0 Å². The van der Waals surface area contributed by atoms with E-state index in [1.54, 1.807) is 31.4 Å². The van der Waals surface area contributed by atoms with Gasteiger partial charge in [-0.25, -0.2) is 4.79 Å². The number of amides is 1. The zero-order valence-electron chi connectivity index (χ0n) is 17.4.